The van der Waals surface area contributed by atoms with Crippen molar-refractivity contribution in [2.45, 2.75) is 46.3 Å². The first-order valence-electron chi connectivity index (χ1n) is 14.4. The molecule has 0 fully saturated rings. The second-order valence-electron chi connectivity index (χ2n) is 10.9. The molecule has 3 aromatic carbocycles. The standard InChI is InChI=1S/C34H31ClN6O3S/c1-18-20(3)45-34-30(18)31(23-13-15-25(35)16-14-23)37-28(32-40-39-21(4)41(32)34)17-29(42)44-19(2)22-9-11-24(12-10-22)33(43)38-27-8-6-5-7-26(27)36/h5-16,19,28H,17,36H2,1-4H3,(H,38,43)/t19-,28-/m1/s1. The molecule has 0 saturated carbocycles. The van der Waals surface area contributed by atoms with Gasteiger partial charge < -0.3 is 15.8 Å². The zero-order valence-corrected chi connectivity index (χ0v) is 26.7. The lowest BCUT2D eigenvalue weighted by molar-refractivity contribution is -0.149. The Labute approximate surface area is 269 Å². The second-order valence-corrected chi connectivity index (χ2v) is 12.5. The summed E-state index contributed by atoms with van der Waals surface area (Å²) in [6.07, 6.45) is -0.595. The zero-order chi connectivity index (χ0) is 31.8. The lowest BCUT2D eigenvalue weighted by atomic mass is 9.99. The Hall–Kier alpha value is -4.80. The van der Waals surface area contributed by atoms with Crippen molar-refractivity contribution in [2.75, 3.05) is 11.1 Å². The van der Waals surface area contributed by atoms with Crippen LogP contribution in [-0.2, 0) is 9.53 Å². The lowest BCUT2D eigenvalue weighted by Crippen LogP contribution is -2.15. The molecule has 5 aromatic rings. The molecule has 3 heterocycles. The van der Waals surface area contributed by atoms with E-state index in [9.17, 15) is 9.59 Å². The Balaban J connectivity index is 1.23. The number of hydrogen-bond donors (Lipinski definition) is 2. The molecule has 228 valence electrons. The molecular weight excluding hydrogens is 608 g/mol. The van der Waals surface area contributed by atoms with Crippen molar-refractivity contribution in [3.63, 3.8) is 0 Å². The Morgan fingerprint density at radius 1 is 1.02 bits per heavy atom. The van der Waals surface area contributed by atoms with Crippen LogP contribution in [0.5, 0.6) is 0 Å². The molecule has 6 rings (SSSR count). The van der Waals surface area contributed by atoms with E-state index in [0.29, 0.717) is 33.6 Å². The van der Waals surface area contributed by atoms with E-state index in [1.54, 1.807) is 66.8 Å². The molecule has 2 atom stereocenters. The number of aryl methyl sites for hydroxylation is 2. The van der Waals surface area contributed by atoms with Gasteiger partial charge >= 0.3 is 5.97 Å². The Morgan fingerprint density at radius 3 is 2.44 bits per heavy atom. The number of ether oxygens (including phenoxy) is 1. The Morgan fingerprint density at radius 2 is 1.73 bits per heavy atom. The van der Waals surface area contributed by atoms with Gasteiger partial charge in [0, 0.05) is 26.6 Å². The molecule has 9 nitrogen and oxygen atoms in total. The summed E-state index contributed by atoms with van der Waals surface area (Å²) in [5.41, 5.74) is 11.9. The summed E-state index contributed by atoms with van der Waals surface area (Å²) in [6.45, 7) is 7.86. The van der Waals surface area contributed by atoms with E-state index < -0.39 is 18.1 Å². The molecule has 3 N–H and O–H groups in total. The monoisotopic (exact) mass is 638 g/mol. The fourth-order valence-electron chi connectivity index (χ4n) is 5.31. The summed E-state index contributed by atoms with van der Waals surface area (Å²) in [7, 11) is 0. The third-order valence-electron chi connectivity index (χ3n) is 7.88. The highest BCUT2D eigenvalue weighted by atomic mass is 35.5. The van der Waals surface area contributed by atoms with Gasteiger partial charge in [-0.15, -0.1) is 21.5 Å². The minimum atomic E-state index is -0.632. The number of esters is 1. The van der Waals surface area contributed by atoms with Gasteiger partial charge in [-0.2, -0.15) is 0 Å². The maximum Gasteiger partial charge on any atom is 0.309 e. The Kier molecular flexibility index (Phi) is 8.26. The number of aliphatic imine (C=N–C) groups is 1. The van der Waals surface area contributed by atoms with Crippen molar-refractivity contribution in [2.24, 2.45) is 4.99 Å². The molecule has 0 spiro atoms. The number of fused-ring (bicyclic) bond motifs is 3. The van der Waals surface area contributed by atoms with Gasteiger partial charge in [-0.1, -0.05) is 48.0 Å². The number of hydrogen-bond acceptors (Lipinski definition) is 8. The van der Waals surface area contributed by atoms with Crippen LogP contribution in [0.1, 0.15) is 74.6 Å². The van der Waals surface area contributed by atoms with Crippen LogP contribution in [0, 0.1) is 20.8 Å². The topological polar surface area (TPSA) is 124 Å². The predicted molar refractivity (Wildman–Crippen MR) is 178 cm³/mol. The molecule has 1 aliphatic heterocycles. The normalized spacial score (nSPS) is 14.5. The van der Waals surface area contributed by atoms with E-state index >= 15 is 0 Å². The molecule has 0 radical (unpaired) electrons. The molecular formula is C34H31ClN6O3S. The van der Waals surface area contributed by atoms with Gasteiger partial charge in [-0.3, -0.25) is 19.1 Å². The van der Waals surface area contributed by atoms with Crippen LogP contribution in [0.25, 0.3) is 5.00 Å². The minimum absolute atomic E-state index is 0.0362. The summed E-state index contributed by atoms with van der Waals surface area (Å²) in [6, 6.07) is 20.9. The van der Waals surface area contributed by atoms with Crippen LogP contribution in [0.2, 0.25) is 5.02 Å². The van der Waals surface area contributed by atoms with Gasteiger partial charge in [0.2, 0.25) is 0 Å². The SMILES string of the molecule is Cc1sc2c(c1C)C(c1ccc(Cl)cc1)=N[C@H](CC(=O)O[C@H](C)c1ccc(C(=O)Nc3ccccc3N)cc1)c1nnc(C)n1-2. The van der Waals surface area contributed by atoms with Gasteiger partial charge in [0.25, 0.3) is 5.91 Å². The Bertz CT molecular complexity index is 1950. The number of para-hydroxylation sites is 2. The second kappa shape index (κ2) is 12.3. The number of nitrogen functional groups attached to an aromatic ring is 1. The summed E-state index contributed by atoms with van der Waals surface area (Å²) in [5.74, 6) is 0.576. The van der Waals surface area contributed by atoms with Crippen molar-refractivity contribution in [3.8, 4) is 5.00 Å². The number of carbonyl (C=O) groups is 2. The highest BCUT2D eigenvalue weighted by Crippen LogP contribution is 2.40. The van der Waals surface area contributed by atoms with E-state index in [4.69, 9.17) is 27.1 Å². The largest absolute Gasteiger partial charge is 0.458 e. The molecule has 2 aromatic heterocycles. The van der Waals surface area contributed by atoms with Crippen LogP contribution < -0.4 is 11.1 Å². The van der Waals surface area contributed by atoms with Crippen LogP contribution >= 0.6 is 22.9 Å². The third-order valence-corrected chi connectivity index (χ3v) is 9.32. The molecule has 11 heteroatoms. The average Bonchev–Trinajstić information content (AvgIpc) is 3.50. The van der Waals surface area contributed by atoms with E-state index in [0.717, 1.165) is 33.0 Å². The van der Waals surface area contributed by atoms with Crippen molar-refractivity contribution in [3.05, 3.63) is 122 Å². The third kappa shape index (κ3) is 5.99. The number of aromatic nitrogens is 3. The number of nitrogens with two attached hydrogens (primary N) is 1. The minimum Gasteiger partial charge on any atom is -0.458 e. The maximum atomic E-state index is 13.4. The summed E-state index contributed by atoms with van der Waals surface area (Å²) in [4.78, 5) is 32.5. The number of carbonyl (C=O) groups excluding carboxylic acids is 2. The van der Waals surface area contributed by atoms with Gasteiger partial charge in [0.05, 0.1) is 23.5 Å². The van der Waals surface area contributed by atoms with Crippen molar-refractivity contribution in [1.82, 2.24) is 14.8 Å². The van der Waals surface area contributed by atoms with Crippen LogP contribution in [0.3, 0.4) is 0 Å². The van der Waals surface area contributed by atoms with E-state index in [-0.39, 0.29) is 12.3 Å². The number of amides is 1. The lowest BCUT2D eigenvalue weighted by Gasteiger charge is -2.17. The number of thiophene rings is 1. The van der Waals surface area contributed by atoms with Gasteiger partial charge in [0.1, 0.15) is 23.0 Å². The van der Waals surface area contributed by atoms with E-state index in [2.05, 4.69) is 29.4 Å². The molecule has 45 heavy (non-hydrogen) atoms. The number of nitrogens with zero attached hydrogens (tertiary/aromatic N) is 4. The molecule has 0 saturated heterocycles. The highest BCUT2D eigenvalue weighted by Gasteiger charge is 2.33. The first-order valence-corrected chi connectivity index (χ1v) is 15.6. The summed E-state index contributed by atoms with van der Waals surface area (Å²) >= 11 is 7.86. The average molecular weight is 639 g/mol. The molecule has 0 bridgehead atoms. The van der Waals surface area contributed by atoms with E-state index in [1.165, 1.54) is 4.88 Å². The predicted octanol–water partition coefficient (Wildman–Crippen LogP) is 7.33. The van der Waals surface area contributed by atoms with Gasteiger partial charge in [0.15, 0.2) is 5.82 Å². The molecule has 0 unspecified atom stereocenters. The fraction of sp³-hybridized carbons (Fsp3) is 0.206. The molecule has 1 aliphatic rings. The van der Waals surface area contributed by atoms with Crippen LogP contribution in [-0.4, -0.2) is 32.4 Å². The van der Waals surface area contributed by atoms with Crippen molar-refractivity contribution in [1.29, 1.82) is 0 Å². The molecule has 1 amide bonds. The van der Waals surface area contributed by atoms with Crippen LogP contribution in [0.15, 0.2) is 77.8 Å². The number of rotatable bonds is 7. The van der Waals surface area contributed by atoms with Gasteiger partial charge in [-0.25, -0.2) is 0 Å². The summed E-state index contributed by atoms with van der Waals surface area (Å²) < 4.78 is 7.87. The first kappa shape index (κ1) is 30.2. The smallest absolute Gasteiger partial charge is 0.309 e. The van der Waals surface area contributed by atoms with E-state index in [1.807, 2.05) is 35.8 Å². The summed E-state index contributed by atoms with van der Waals surface area (Å²) in [5, 5.41) is 13.2. The first-order chi connectivity index (χ1) is 21.6. The zero-order valence-electron chi connectivity index (χ0n) is 25.2. The number of benzene rings is 3. The molecule has 0 aliphatic carbocycles. The number of anilines is 2. The van der Waals surface area contributed by atoms with Gasteiger partial charge in [-0.05, 0) is 75.2 Å². The maximum absolute atomic E-state index is 13.4. The quantitative estimate of drug-likeness (QED) is 0.142. The van der Waals surface area contributed by atoms with Crippen molar-refractivity contribution >= 4 is 51.9 Å². The van der Waals surface area contributed by atoms with Crippen molar-refractivity contribution < 1.29 is 14.3 Å². The number of halogens is 1. The fourth-order valence-corrected chi connectivity index (χ4v) is 6.65. The van der Waals surface area contributed by atoms with Crippen LogP contribution in [0.4, 0.5) is 11.4 Å². The number of nitrogens with one attached hydrogen (secondary N) is 1. The highest BCUT2D eigenvalue weighted by molar-refractivity contribution is 7.15.